The van der Waals surface area contributed by atoms with Crippen molar-refractivity contribution in [2.45, 2.75) is 26.8 Å². The van der Waals surface area contributed by atoms with Gasteiger partial charge in [-0.3, -0.25) is 9.59 Å². The van der Waals surface area contributed by atoms with Gasteiger partial charge in [-0.25, -0.2) is 4.68 Å². The van der Waals surface area contributed by atoms with E-state index < -0.39 is 11.9 Å². The molecule has 0 radical (unpaired) electrons. The molecule has 0 aliphatic heterocycles. The van der Waals surface area contributed by atoms with Gasteiger partial charge in [-0.1, -0.05) is 43.6 Å². The van der Waals surface area contributed by atoms with Crippen LogP contribution in [0, 0.1) is 12.8 Å². The fourth-order valence-corrected chi connectivity index (χ4v) is 3.05. The summed E-state index contributed by atoms with van der Waals surface area (Å²) >= 11 is 6.09. The van der Waals surface area contributed by atoms with Crippen molar-refractivity contribution in [1.29, 1.82) is 0 Å². The molecule has 0 aliphatic carbocycles. The highest BCUT2D eigenvalue weighted by atomic mass is 35.5. The minimum absolute atomic E-state index is 0.133. The van der Waals surface area contributed by atoms with E-state index in [0.29, 0.717) is 16.3 Å². The van der Waals surface area contributed by atoms with Gasteiger partial charge in [-0.05, 0) is 53.1 Å². The summed E-state index contributed by atoms with van der Waals surface area (Å²) in [7, 11) is 0. The fourth-order valence-electron chi connectivity index (χ4n) is 2.82. The van der Waals surface area contributed by atoms with Gasteiger partial charge in [0.1, 0.15) is 12.4 Å². The van der Waals surface area contributed by atoms with Crippen LogP contribution in [0.25, 0.3) is 5.69 Å². The quantitative estimate of drug-likeness (QED) is 0.648. The Labute approximate surface area is 173 Å². The highest BCUT2D eigenvalue weighted by Gasteiger charge is 2.25. The van der Waals surface area contributed by atoms with E-state index in [1.54, 1.807) is 36.4 Å². The van der Waals surface area contributed by atoms with Crippen molar-refractivity contribution in [3.8, 4) is 5.69 Å². The lowest BCUT2D eigenvalue weighted by molar-refractivity contribution is -0.118. The monoisotopic (exact) mass is 412 g/mol. The average Bonchev–Trinajstić information content (AvgIpc) is 3.22. The number of aryl methyl sites for hydroxylation is 1. The summed E-state index contributed by atoms with van der Waals surface area (Å²) in [5, 5.41) is 17.1. The maximum atomic E-state index is 12.9. The van der Waals surface area contributed by atoms with Crippen molar-refractivity contribution >= 4 is 29.1 Å². The van der Waals surface area contributed by atoms with Crippen LogP contribution >= 0.6 is 11.6 Å². The molecule has 3 aromatic rings. The lowest BCUT2D eigenvalue weighted by Crippen LogP contribution is -2.47. The second kappa shape index (κ2) is 8.83. The first-order valence-electron chi connectivity index (χ1n) is 9.07. The first kappa shape index (κ1) is 20.5. The Bertz CT molecular complexity index is 1020. The number of tetrazole rings is 1. The minimum atomic E-state index is -0.739. The van der Waals surface area contributed by atoms with Crippen LogP contribution in [0.4, 0.5) is 5.69 Å². The largest absolute Gasteiger partial charge is 0.340 e. The molecule has 0 spiro atoms. The second-order valence-corrected chi connectivity index (χ2v) is 7.33. The number of benzene rings is 2. The molecule has 3 rings (SSSR count). The third-order valence-electron chi connectivity index (χ3n) is 4.43. The van der Waals surface area contributed by atoms with Gasteiger partial charge in [-0.2, -0.15) is 0 Å². The lowest BCUT2D eigenvalue weighted by atomic mass is 10.0. The number of rotatable bonds is 6. The predicted octanol–water partition coefficient (Wildman–Crippen LogP) is 3.02. The Morgan fingerprint density at radius 3 is 2.55 bits per heavy atom. The number of aromatic nitrogens is 4. The van der Waals surface area contributed by atoms with Crippen LogP contribution in [-0.4, -0.2) is 38.1 Å². The Hall–Kier alpha value is -3.26. The molecule has 0 bridgehead atoms. The molecular weight excluding hydrogens is 392 g/mol. The van der Waals surface area contributed by atoms with Crippen LogP contribution in [0.2, 0.25) is 5.02 Å². The third-order valence-corrected chi connectivity index (χ3v) is 4.76. The topological polar surface area (TPSA) is 102 Å². The summed E-state index contributed by atoms with van der Waals surface area (Å²) in [4.78, 5) is 25.5. The summed E-state index contributed by atoms with van der Waals surface area (Å²) < 4.78 is 1.52. The first-order valence-corrected chi connectivity index (χ1v) is 9.45. The van der Waals surface area contributed by atoms with E-state index in [1.165, 1.54) is 11.0 Å². The molecule has 0 saturated carbocycles. The molecule has 0 saturated heterocycles. The molecule has 1 aromatic heterocycles. The summed E-state index contributed by atoms with van der Waals surface area (Å²) in [6, 6.07) is 11.4. The molecule has 1 heterocycles. The zero-order valence-corrected chi connectivity index (χ0v) is 17.0. The summed E-state index contributed by atoms with van der Waals surface area (Å²) in [5.41, 5.74) is 2.59. The number of hydrogen-bond acceptors (Lipinski definition) is 5. The van der Waals surface area contributed by atoms with Crippen LogP contribution in [0.15, 0.2) is 48.8 Å². The fraction of sp³-hybridized carbons (Fsp3) is 0.250. The maximum Gasteiger partial charge on any atom is 0.253 e. The van der Waals surface area contributed by atoms with E-state index in [-0.39, 0.29) is 11.8 Å². The third kappa shape index (κ3) is 4.78. The number of halogens is 1. The van der Waals surface area contributed by atoms with Crippen molar-refractivity contribution in [2.75, 3.05) is 5.32 Å². The zero-order valence-electron chi connectivity index (χ0n) is 16.3. The predicted molar refractivity (Wildman–Crippen MR) is 110 cm³/mol. The number of carbonyl (C=O) groups is 2. The number of nitrogens with zero attached hydrogens (tertiary/aromatic N) is 4. The molecule has 2 amide bonds. The minimum Gasteiger partial charge on any atom is -0.340 e. The van der Waals surface area contributed by atoms with Crippen LogP contribution < -0.4 is 10.6 Å². The second-order valence-electron chi connectivity index (χ2n) is 6.92. The molecule has 0 fully saturated rings. The Morgan fingerprint density at radius 1 is 1.14 bits per heavy atom. The van der Waals surface area contributed by atoms with Gasteiger partial charge in [-0.15, -0.1) is 5.10 Å². The standard InChI is InChI=1S/C20H21ClN6O2/c1-12(2)18(24-19(28)15-6-4-5-7-16(15)21)20(29)23-14-9-8-13(3)17(10-14)27-11-22-25-26-27/h4-12,18H,1-3H3,(H,23,29)(H,24,28). The van der Waals surface area contributed by atoms with E-state index in [9.17, 15) is 9.59 Å². The van der Waals surface area contributed by atoms with Crippen LogP contribution in [-0.2, 0) is 4.79 Å². The molecule has 8 nitrogen and oxygen atoms in total. The van der Waals surface area contributed by atoms with Gasteiger partial charge in [0.05, 0.1) is 16.3 Å². The highest BCUT2D eigenvalue weighted by molar-refractivity contribution is 6.33. The van der Waals surface area contributed by atoms with Crippen molar-refractivity contribution in [1.82, 2.24) is 25.5 Å². The van der Waals surface area contributed by atoms with Crippen LogP contribution in [0.1, 0.15) is 29.8 Å². The molecule has 2 N–H and O–H groups in total. The summed E-state index contributed by atoms with van der Waals surface area (Å²) in [5.74, 6) is -0.861. The number of hydrogen-bond donors (Lipinski definition) is 2. The van der Waals surface area contributed by atoms with E-state index >= 15 is 0 Å². The molecule has 0 aliphatic rings. The van der Waals surface area contributed by atoms with E-state index in [1.807, 2.05) is 26.8 Å². The molecular formula is C20H21ClN6O2. The Kier molecular flexibility index (Phi) is 6.23. The highest BCUT2D eigenvalue weighted by Crippen LogP contribution is 2.20. The lowest BCUT2D eigenvalue weighted by Gasteiger charge is -2.22. The van der Waals surface area contributed by atoms with Gasteiger partial charge < -0.3 is 10.6 Å². The van der Waals surface area contributed by atoms with Crippen LogP contribution in [0.3, 0.4) is 0 Å². The molecule has 29 heavy (non-hydrogen) atoms. The number of nitrogens with one attached hydrogen (secondary N) is 2. The van der Waals surface area contributed by atoms with E-state index in [0.717, 1.165) is 11.3 Å². The zero-order chi connectivity index (χ0) is 21.0. The van der Waals surface area contributed by atoms with Crippen molar-refractivity contribution in [3.05, 3.63) is 64.9 Å². The number of carbonyl (C=O) groups excluding carboxylic acids is 2. The van der Waals surface area contributed by atoms with Gasteiger partial charge in [0.2, 0.25) is 5.91 Å². The number of amides is 2. The van der Waals surface area contributed by atoms with Crippen molar-refractivity contribution in [2.24, 2.45) is 5.92 Å². The Balaban J connectivity index is 1.78. The van der Waals surface area contributed by atoms with Gasteiger partial charge >= 0.3 is 0 Å². The van der Waals surface area contributed by atoms with Gasteiger partial charge in [0, 0.05) is 5.69 Å². The van der Waals surface area contributed by atoms with Gasteiger partial charge in [0.25, 0.3) is 5.91 Å². The smallest absolute Gasteiger partial charge is 0.253 e. The van der Waals surface area contributed by atoms with Crippen molar-refractivity contribution in [3.63, 3.8) is 0 Å². The van der Waals surface area contributed by atoms with Crippen molar-refractivity contribution < 1.29 is 9.59 Å². The molecule has 9 heteroatoms. The first-order chi connectivity index (χ1) is 13.9. The normalized spacial score (nSPS) is 11.9. The van der Waals surface area contributed by atoms with Crippen LogP contribution in [0.5, 0.6) is 0 Å². The summed E-state index contributed by atoms with van der Waals surface area (Å²) in [6.07, 6.45) is 1.48. The van der Waals surface area contributed by atoms with E-state index in [4.69, 9.17) is 11.6 Å². The van der Waals surface area contributed by atoms with E-state index in [2.05, 4.69) is 26.2 Å². The molecule has 150 valence electrons. The SMILES string of the molecule is Cc1ccc(NC(=O)C(NC(=O)c2ccccc2Cl)C(C)C)cc1-n1cnnn1. The molecule has 2 aromatic carbocycles. The molecule has 1 atom stereocenters. The summed E-state index contributed by atoms with van der Waals surface area (Å²) in [6.45, 7) is 5.64. The van der Waals surface area contributed by atoms with Gasteiger partial charge in [0.15, 0.2) is 0 Å². The Morgan fingerprint density at radius 2 is 1.90 bits per heavy atom. The average molecular weight is 413 g/mol. The maximum absolute atomic E-state index is 12.9. The number of anilines is 1. The molecule has 1 unspecified atom stereocenters.